The summed E-state index contributed by atoms with van der Waals surface area (Å²) in [5, 5.41) is 0.768. The van der Waals surface area contributed by atoms with Gasteiger partial charge in [-0.25, -0.2) is 12.8 Å². The van der Waals surface area contributed by atoms with Crippen LogP contribution in [0.5, 0.6) is 0 Å². The molecule has 0 N–H and O–H groups in total. The average Bonchev–Trinajstić information content (AvgIpc) is 2.93. The highest BCUT2D eigenvalue weighted by molar-refractivity contribution is 7.99. The number of halogens is 1. The van der Waals surface area contributed by atoms with E-state index in [1.54, 1.807) is 48.6 Å². The Morgan fingerprint density at radius 2 is 1.83 bits per heavy atom. The number of pyridine rings is 1. The van der Waals surface area contributed by atoms with Gasteiger partial charge < -0.3 is 9.14 Å². The van der Waals surface area contributed by atoms with E-state index in [4.69, 9.17) is 4.74 Å². The van der Waals surface area contributed by atoms with Crippen molar-refractivity contribution in [1.82, 2.24) is 4.40 Å². The van der Waals surface area contributed by atoms with Crippen molar-refractivity contribution in [3.63, 3.8) is 0 Å². The van der Waals surface area contributed by atoms with Gasteiger partial charge in [-0.3, -0.25) is 4.79 Å². The van der Waals surface area contributed by atoms with Gasteiger partial charge in [0.05, 0.1) is 34.2 Å². The topological polar surface area (TPSA) is 64.9 Å². The van der Waals surface area contributed by atoms with Crippen molar-refractivity contribution in [3.05, 3.63) is 59.5 Å². The van der Waals surface area contributed by atoms with Gasteiger partial charge in [-0.05, 0) is 61.4 Å². The molecular weight excluding hydrogens is 413 g/mol. The van der Waals surface area contributed by atoms with Crippen molar-refractivity contribution in [1.29, 1.82) is 0 Å². The maximum absolute atomic E-state index is 13.9. The summed E-state index contributed by atoms with van der Waals surface area (Å²) < 4.78 is 44.7. The minimum Gasteiger partial charge on any atom is -0.466 e. The standard InChI is InChI=1S/C21H22FNO4S2/c1-4-27-20(24)12-18-14(3)21(23-13-15(22)6-11-19(18)23)28-16-7-9-17(10-8-16)29(25,26)5-2/h6-11,13H,4-5,12H2,1-3H3. The lowest BCUT2D eigenvalue weighted by Crippen LogP contribution is -2.08. The van der Waals surface area contributed by atoms with Crippen LogP contribution in [0.3, 0.4) is 0 Å². The fourth-order valence-corrected chi connectivity index (χ4v) is 4.99. The summed E-state index contributed by atoms with van der Waals surface area (Å²) in [5.74, 6) is -0.683. The van der Waals surface area contributed by atoms with Crippen molar-refractivity contribution in [2.75, 3.05) is 12.4 Å². The summed E-state index contributed by atoms with van der Waals surface area (Å²) in [4.78, 5) is 13.1. The molecular formula is C21H22FNO4S2. The first-order valence-electron chi connectivity index (χ1n) is 9.22. The van der Waals surface area contributed by atoms with Gasteiger partial charge in [0.25, 0.3) is 0 Å². The first-order valence-corrected chi connectivity index (χ1v) is 11.7. The van der Waals surface area contributed by atoms with E-state index in [1.165, 1.54) is 24.0 Å². The van der Waals surface area contributed by atoms with Gasteiger partial charge in [-0.1, -0.05) is 18.7 Å². The van der Waals surface area contributed by atoms with E-state index in [2.05, 4.69) is 0 Å². The first-order chi connectivity index (χ1) is 13.8. The molecule has 0 saturated carbocycles. The first kappa shape index (κ1) is 21.4. The number of benzene rings is 1. The molecule has 0 saturated heterocycles. The lowest BCUT2D eigenvalue weighted by molar-refractivity contribution is -0.142. The largest absolute Gasteiger partial charge is 0.466 e. The molecule has 0 aliphatic rings. The Labute approximate surface area is 173 Å². The SMILES string of the molecule is CCOC(=O)Cc1c(C)c(Sc2ccc(S(=O)(=O)CC)cc2)n2cc(F)ccc12. The van der Waals surface area contributed by atoms with Gasteiger partial charge >= 0.3 is 5.97 Å². The van der Waals surface area contributed by atoms with E-state index in [9.17, 15) is 17.6 Å². The van der Waals surface area contributed by atoms with Gasteiger partial charge in [-0.15, -0.1) is 0 Å². The molecule has 2 heterocycles. The highest BCUT2D eigenvalue weighted by Crippen LogP contribution is 2.36. The molecule has 0 fully saturated rings. The second-order valence-corrected chi connectivity index (χ2v) is 9.81. The molecule has 1 aromatic carbocycles. The molecule has 29 heavy (non-hydrogen) atoms. The summed E-state index contributed by atoms with van der Waals surface area (Å²) in [7, 11) is -3.27. The number of ether oxygens (including phenoxy) is 1. The minimum atomic E-state index is -3.27. The molecule has 0 aliphatic heterocycles. The summed E-state index contributed by atoms with van der Waals surface area (Å²) >= 11 is 1.39. The number of rotatable bonds is 7. The Morgan fingerprint density at radius 3 is 2.45 bits per heavy atom. The van der Waals surface area contributed by atoms with E-state index >= 15 is 0 Å². The zero-order valence-electron chi connectivity index (χ0n) is 16.4. The fourth-order valence-electron chi connectivity index (χ4n) is 3.09. The van der Waals surface area contributed by atoms with Gasteiger partial charge in [0.15, 0.2) is 9.84 Å². The van der Waals surface area contributed by atoms with Crippen LogP contribution >= 0.6 is 11.8 Å². The van der Waals surface area contributed by atoms with Crippen LogP contribution in [0.15, 0.2) is 57.4 Å². The van der Waals surface area contributed by atoms with E-state index in [-0.39, 0.29) is 28.9 Å². The molecule has 0 aliphatic carbocycles. The number of carbonyl (C=O) groups is 1. The number of aromatic nitrogens is 1. The third kappa shape index (κ3) is 4.48. The Hall–Kier alpha value is -2.32. The quantitative estimate of drug-likeness (QED) is 0.514. The average molecular weight is 436 g/mol. The van der Waals surface area contributed by atoms with Crippen LogP contribution < -0.4 is 0 Å². The number of nitrogens with zero attached hydrogens (tertiary/aromatic N) is 1. The molecule has 0 atom stereocenters. The Kier molecular flexibility index (Phi) is 6.33. The molecule has 3 aromatic rings. The molecule has 0 bridgehead atoms. The highest BCUT2D eigenvalue weighted by atomic mass is 32.2. The number of esters is 1. The molecule has 3 rings (SSSR count). The van der Waals surface area contributed by atoms with Crippen LogP contribution in [0.4, 0.5) is 4.39 Å². The maximum Gasteiger partial charge on any atom is 0.310 e. The van der Waals surface area contributed by atoms with Crippen LogP contribution in [-0.4, -0.2) is 31.1 Å². The van der Waals surface area contributed by atoms with Crippen LogP contribution in [0, 0.1) is 12.7 Å². The van der Waals surface area contributed by atoms with Crippen molar-refractivity contribution in [2.24, 2.45) is 0 Å². The van der Waals surface area contributed by atoms with Crippen LogP contribution in [0.2, 0.25) is 0 Å². The maximum atomic E-state index is 13.9. The van der Waals surface area contributed by atoms with Crippen LogP contribution in [0.1, 0.15) is 25.0 Å². The molecule has 0 amide bonds. The second-order valence-electron chi connectivity index (χ2n) is 6.47. The number of sulfone groups is 1. The number of hydrogen-bond acceptors (Lipinski definition) is 5. The highest BCUT2D eigenvalue weighted by Gasteiger charge is 2.20. The lowest BCUT2D eigenvalue weighted by atomic mass is 10.1. The zero-order valence-corrected chi connectivity index (χ0v) is 18.1. The Bertz CT molecular complexity index is 1150. The zero-order chi connectivity index (χ0) is 21.2. The van der Waals surface area contributed by atoms with Crippen molar-refractivity contribution in [3.8, 4) is 0 Å². The number of carbonyl (C=O) groups excluding carboxylic acids is 1. The van der Waals surface area contributed by atoms with Crippen LogP contribution in [0.25, 0.3) is 5.52 Å². The monoisotopic (exact) mass is 435 g/mol. The lowest BCUT2D eigenvalue weighted by Gasteiger charge is -2.06. The van der Waals surface area contributed by atoms with Crippen LogP contribution in [-0.2, 0) is 25.8 Å². The summed E-state index contributed by atoms with van der Waals surface area (Å²) in [5.41, 5.74) is 2.39. The van der Waals surface area contributed by atoms with Gasteiger partial charge in [-0.2, -0.15) is 0 Å². The predicted octanol–water partition coefficient (Wildman–Crippen LogP) is 4.44. The molecule has 154 valence electrons. The molecule has 0 spiro atoms. The van der Waals surface area contributed by atoms with Crippen molar-refractivity contribution in [2.45, 2.75) is 42.0 Å². The molecule has 0 radical (unpaired) electrons. The number of hydrogen-bond donors (Lipinski definition) is 0. The number of fused-ring (bicyclic) bond motifs is 1. The minimum absolute atomic E-state index is 0.0401. The molecule has 0 unspecified atom stereocenters. The smallest absolute Gasteiger partial charge is 0.310 e. The second kappa shape index (κ2) is 8.59. The summed E-state index contributed by atoms with van der Waals surface area (Å²) in [6, 6.07) is 9.63. The van der Waals surface area contributed by atoms with E-state index in [0.29, 0.717) is 6.61 Å². The fraction of sp³-hybridized carbons (Fsp3) is 0.286. The van der Waals surface area contributed by atoms with E-state index < -0.39 is 9.84 Å². The Morgan fingerprint density at radius 1 is 1.14 bits per heavy atom. The van der Waals surface area contributed by atoms with Gasteiger partial charge in [0, 0.05) is 11.1 Å². The van der Waals surface area contributed by atoms with Crippen molar-refractivity contribution < 1.29 is 22.3 Å². The normalized spacial score (nSPS) is 11.7. The molecule has 8 heteroatoms. The van der Waals surface area contributed by atoms with E-state index in [1.807, 2.05) is 6.92 Å². The van der Waals surface area contributed by atoms with Gasteiger partial charge in [0.1, 0.15) is 5.82 Å². The Balaban J connectivity index is 2.02. The third-order valence-electron chi connectivity index (χ3n) is 4.62. The summed E-state index contributed by atoms with van der Waals surface area (Å²) in [6.07, 6.45) is 1.48. The predicted molar refractivity (Wildman–Crippen MR) is 111 cm³/mol. The third-order valence-corrected chi connectivity index (χ3v) is 7.57. The molecule has 5 nitrogen and oxygen atoms in total. The van der Waals surface area contributed by atoms with Gasteiger partial charge in [0.2, 0.25) is 0 Å². The van der Waals surface area contributed by atoms with E-state index in [0.717, 1.165) is 26.6 Å². The summed E-state index contributed by atoms with van der Waals surface area (Å²) in [6.45, 7) is 5.54. The molecule has 2 aromatic heterocycles. The van der Waals surface area contributed by atoms with Crippen molar-refractivity contribution >= 4 is 33.1 Å².